The summed E-state index contributed by atoms with van der Waals surface area (Å²) in [5.41, 5.74) is 0. The number of ether oxygens (including phenoxy) is 2. The van der Waals surface area contributed by atoms with E-state index in [0.717, 1.165) is 6.42 Å². The zero-order valence-electron chi connectivity index (χ0n) is 17.2. The van der Waals surface area contributed by atoms with Crippen molar-refractivity contribution in [2.45, 2.75) is 24.3 Å². The number of carbonyl (C=O) groups is 1. The number of carbonyl (C=O) groups excluding carboxylic acids is 1. The summed E-state index contributed by atoms with van der Waals surface area (Å²) in [5.74, 6) is 1.25. The number of fused-ring (bicyclic) bond motifs is 1. The van der Waals surface area contributed by atoms with E-state index in [2.05, 4.69) is 14.7 Å². The van der Waals surface area contributed by atoms with Gasteiger partial charge in [0.2, 0.25) is 21.9 Å². The standard InChI is InChI=1S/C20H25N5O5S/c1-15(19(26)24-8-10-25(11-9-24)20-21-6-2-7-22-20)23-31(27,28)16-4-5-17-18(14-16)30-13-3-12-29-17/h2,4-7,14-15,23H,3,8-13H2,1H3/t15-/m0/s1. The zero-order valence-corrected chi connectivity index (χ0v) is 18.0. The summed E-state index contributed by atoms with van der Waals surface area (Å²) in [7, 11) is -3.91. The molecular weight excluding hydrogens is 422 g/mol. The van der Waals surface area contributed by atoms with Crippen molar-refractivity contribution in [2.24, 2.45) is 0 Å². The molecule has 0 bridgehead atoms. The van der Waals surface area contributed by atoms with E-state index in [1.807, 2.05) is 4.90 Å². The molecule has 10 nitrogen and oxygen atoms in total. The lowest BCUT2D eigenvalue weighted by atomic mass is 10.2. The topological polar surface area (TPSA) is 114 Å². The summed E-state index contributed by atoms with van der Waals surface area (Å²) in [4.78, 5) is 25.0. The second-order valence-corrected chi connectivity index (χ2v) is 9.08. The van der Waals surface area contributed by atoms with Crippen molar-refractivity contribution in [1.82, 2.24) is 19.6 Å². The number of sulfonamides is 1. The van der Waals surface area contributed by atoms with Crippen molar-refractivity contribution in [3.8, 4) is 11.5 Å². The van der Waals surface area contributed by atoms with E-state index in [4.69, 9.17) is 9.47 Å². The summed E-state index contributed by atoms with van der Waals surface area (Å²) in [6, 6.07) is 5.30. The zero-order chi connectivity index (χ0) is 21.8. The molecule has 11 heteroatoms. The second kappa shape index (κ2) is 9.06. The molecule has 0 unspecified atom stereocenters. The predicted molar refractivity (Wildman–Crippen MR) is 113 cm³/mol. The third-order valence-electron chi connectivity index (χ3n) is 5.16. The molecule has 1 atom stereocenters. The van der Waals surface area contributed by atoms with Crippen molar-refractivity contribution in [1.29, 1.82) is 0 Å². The third kappa shape index (κ3) is 4.88. The Morgan fingerprint density at radius 2 is 1.74 bits per heavy atom. The van der Waals surface area contributed by atoms with Gasteiger partial charge in [0.1, 0.15) is 0 Å². The van der Waals surface area contributed by atoms with Crippen molar-refractivity contribution in [2.75, 3.05) is 44.3 Å². The van der Waals surface area contributed by atoms with Crippen LogP contribution in [0.4, 0.5) is 5.95 Å². The lowest BCUT2D eigenvalue weighted by molar-refractivity contribution is -0.132. The quantitative estimate of drug-likeness (QED) is 0.711. The highest BCUT2D eigenvalue weighted by Crippen LogP contribution is 2.31. The fraction of sp³-hybridized carbons (Fsp3) is 0.450. The van der Waals surface area contributed by atoms with Crippen molar-refractivity contribution in [3.05, 3.63) is 36.7 Å². The largest absolute Gasteiger partial charge is 0.490 e. The highest BCUT2D eigenvalue weighted by molar-refractivity contribution is 7.89. The molecule has 1 amide bonds. The molecule has 2 aliphatic rings. The average Bonchev–Trinajstić information content (AvgIpc) is 3.04. The van der Waals surface area contributed by atoms with Gasteiger partial charge in [-0.3, -0.25) is 4.79 Å². The van der Waals surface area contributed by atoms with Gasteiger partial charge in [-0.1, -0.05) is 0 Å². The smallest absolute Gasteiger partial charge is 0.241 e. The molecule has 1 aromatic carbocycles. The molecule has 1 fully saturated rings. The van der Waals surface area contributed by atoms with E-state index in [9.17, 15) is 13.2 Å². The maximum Gasteiger partial charge on any atom is 0.241 e. The highest BCUT2D eigenvalue weighted by Gasteiger charge is 2.29. The number of piperazine rings is 1. The van der Waals surface area contributed by atoms with Crippen LogP contribution >= 0.6 is 0 Å². The van der Waals surface area contributed by atoms with Crippen LogP contribution in [0.5, 0.6) is 11.5 Å². The first kappa shape index (κ1) is 21.3. The normalized spacial score (nSPS) is 17.7. The van der Waals surface area contributed by atoms with Gasteiger partial charge < -0.3 is 19.3 Å². The number of amides is 1. The number of anilines is 1. The van der Waals surface area contributed by atoms with E-state index >= 15 is 0 Å². The molecule has 1 saturated heterocycles. The van der Waals surface area contributed by atoms with Gasteiger partial charge in [0, 0.05) is 51.1 Å². The summed E-state index contributed by atoms with van der Waals surface area (Å²) < 4.78 is 39.3. The first-order valence-electron chi connectivity index (χ1n) is 10.2. The summed E-state index contributed by atoms with van der Waals surface area (Å²) >= 11 is 0. The molecule has 2 aromatic rings. The van der Waals surface area contributed by atoms with E-state index in [0.29, 0.717) is 56.8 Å². The Morgan fingerprint density at radius 3 is 2.45 bits per heavy atom. The average molecular weight is 448 g/mol. The van der Waals surface area contributed by atoms with Gasteiger partial charge in [0.15, 0.2) is 11.5 Å². The second-order valence-electron chi connectivity index (χ2n) is 7.36. The van der Waals surface area contributed by atoms with Crippen molar-refractivity contribution < 1.29 is 22.7 Å². The lowest BCUT2D eigenvalue weighted by Crippen LogP contribution is -2.54. The SMILES string of the molecule is C[C@H](NS(=O)(=O)c1ccc2c(c1)OCCCO2)C(=O)N1CCN(c2ncccn2)CC1. The molecule has 31 heavy (non-hydrogen) atoms. The Hall–Kier alpha value is -2.92. The fourth-order valence-corrected chi connectivity index (χ4v) is 4.73. The van der Waals surface area contributed by atoms with Crippen LogP contribution < -0.4 is 19.1 Å². The number of nitrogens with zero attached hydrogens (tertiary/aromatic N) is 4. The Balaban J connectivity index is 1.38. The highest BCUT2D eigenvalue weighted by atomic mass is 32.2. The lowest BCUT2D eigenvalue weighted by Gasteiger charge is -2.35. The van der Waals surface area contributed by atoms with Crippen LogP contribution in [0.2, 0.25) is 0 Å². The van der Waals surface area contributed by atoms with E-state index in [1.165, 1.54) is 12.1 Å². The van der Waals surface area contributed by atoms with Crippen molar-refractivity contribution in [3.63, 3.8) is 0 Å². The maximum atomic E-state index is 12.8. The molecule has 0 saturated carbocycles. The number of nitrogens with one attached hydrogen (secondary N) is 1. The number of aromatic nitrogens is 2. The molecular formula is C20H25N5O5S. The summed E-state index contributed by atoms with van der Waals surface area (Å²) in [6.07, 6.45) is 4.08. The van der Waals surface area contributed by atoms with Gasteiger partial charge in [-0.15, -0.1) is 0 Å². The van der Waals surface area contributed by atoms with Crippen LogP contribution in [0, 0.1) is 0 Å². The van der Waals surface area contributed by atoms with E-state index in [1.54, 1.807) is 36.4 Å². The molecule has 0 aliphatic carbocycles. The molecule has 4 rings (SSSR count). The Kier molecular flexibility index (Phi) is 6.23. The van der Waals surface area contributed by atoms with Crippen LogP contribution in [-0.4, -0.2) is 74.6 Å². The van der Waals surface area contributed by atoms with Gasteiger partial charge in [-0.05, 0) is 25.1 Å². The fourth-order valence-electron chi connectivity index (χ4n) is 3.52. The van der Waals surface area contributed by atoms with Crippen LogP contribution in [0.15, 0.2) is 41.6 Å². The first-order valence-corrected chi connectivity index (χ1v) is 11.6. The van der Waals surface area contributed by atoms with Crippen LogP contribution in [0.1, 0.15) is 13.3 Å². The van der Waals surface area contributed by atoms with Gasteiger partial charge in [0.25, 0.3) is 0 Å². The molecule has 1 aromatic heterocycles. The summed E-state index contributed by atoms with van der Waals surface area (Å²) in [5, 5.41) is 0. The first-order chi connectivity index (χ1) is 14.9. The Labute approximate surface area is 181 Å². The summed E-state index contributed by atoms with van der Waals surface area (Å²) in [6.45, 7) is 4.62. The predicted octanol–water partition coefficient (Wildman–Crippen LogP) is 0.654. The molecule has 0 radical (unpaired) electrons. The van der Waals surface area contributed by atoms with Gasteiger partial charge in [-0.2, -0.15) is 4.72 Å². The number of benzene rings is 1. The van der Waals surface area contributed by atoms with Crippen LogP contribution in [0.3, 0.4) is 0 Å². The van der Waals surface area contributed by atoms with Gasteiger partial charge in [-0.25, -0.2) is 18.4 Å². The monoisotopic (exact) mass is 447 g/mol. The number of rotatable bonds is 5. The molecule has 0 spiro atoms. The minimum Gasteiger partial charge on any atom is -0.490 e. The molecule has 3 heterocycles. The molecule has 1 N–H and O–H groups in total. The minimum absolute atomic E-state index is 0.0300. The third-order valence-corrected chi connectivity index (χ3v) is 6.70. The Bertz CT molecular complexity index is 1030. The Morgan fingerprint density at radius 1 is 1.06 bits per heavy atom. The number of hydrogen-bond donors (Lipinski definition) is 1. The number of hydrogen-bond acceptors (Lipinski definition) is 8. The van der Waals surface area contributed by atoms with Gasteiger partial charge >= 0.3 is 0 Å². The minimum atomic E-state index is -3.91. The van der Waals surface area contributed by atoms with Crippen molar-refractivity contribution >= 4 is 21.9 Å². The van der Waals surface area contributed by atoms with Crippen LogP contribution in [-0.2, 0) is 14.8 Å². The van der Waals surface area contributed by atoms with E-state index in [-0.39, 0.29) is 10.8 Å². The van der Waals surface area contributed by atoms with Gasteiger partial charge in [0.05, 0.1) is 24.2 Å². The van der Waals surface area contributed by atoms with Crippen LogP contribution in [0.25, 0.3) is 0 Å². The maximum absolute atomic E-state index is 12.8. The molecule has 2 aliphatic heterocycles. The molecule has 166 valence electrons. The van der Waals surface area contributed by atoms with E-state index < -0.39 is 16.1 Å².